The minimum absolute atomic E-state index is 0.384. The Hall–Kier alpha value is -0.330. The largest absolute Gasteiger partial charge is 0.300 e. The van der Waals surface area contributed by atoms with Gasteiger partial charge in [0.05, 0.1) is 0 Å². The molecule has 0 aromatic carbocycles. The van der Waals surface area contributed by atoms with E-state index >= 15 is 0 Å². The number of rotatable bonds is 1. The molecule has 0 bridgehead atoms. The van der Waals surface area contributed by atoms with Gasteiger partial charge in [0.25, 0.3) is 0 Å². The Bertz CT molecular complexity index is 469. The predicted octanol–water partition coefficient (Wildman–Crippen LogP) is 5.62. The van der Waals surface area contributed by atoms with Gasteiger partial charge in [0.2, 0.25) is 0 Å². The van der Waals surface area contributed by atoms with E-state index in [9.17, 15) is 4.79 Å². The minimum Gasteiger partial charge on any atom is -0.300 e. The van der Waals surface area contributed by atoms with E-state index in [0.717, 1.165) is 23.7 Å². The molecule has 0 aromatic heterocycles. The molecule has 4 aliphatic carbocycles. The third kappa shape index (κ3) is 2.06. The fourth-order valence-corrected chi connectivity index (χ4v) is 7.62. The van der Waals surface area contributed by atoms with Gasteiger partial charge in [-0.05, 0) is 99.2 Å². The second-order valence-corrected chi connectivity index (χ2v) is 9.82. The Morgan fingerprint density at radius 1 is 0.909 bits per heavy atom. The third-order valence-electron chi connectivity index (χ3n) is 9.02. The van der Waals surface area contributed by atoms with E-state index in [0.29, 0.717) is 22.5 Å². The number of hydrogen-bond donors (Lipinski definition) is 0. The summed E-state index contributed by atoms with van der Waals surface area (Å²) < 4.78 is 0. The zero-order valence-corrected chi connectivity index (χ0v) is 14.9. The summed E-state index contributed by atoms with van der Waals surface area (Å²) in [5.41, 5.74) is 1.24. The van der Waals surface area contributed by atoms with E-state index in [1.54, 1.807) is 0 Å². The normalized spacial score (nSPS) is 54.2. The molecule has 22 heavy (non-hydrogen) atoms. The highest BCUT2D eigenvalue weighted by Gasteiger charge is 2.57. The van der Waals surface area contributed by atoms with Crippen LogP contribution in [-0.4, -0.2) is 5.78 Å². The van der Waals surface area contributed by atoms with Gasteiger partial charge < -0.3 is 0 Å². The van der Waals surface area contributed by atoms with Crippen LogP contribution in [0.2, 0.25) is 0 Å². The molecule has 0 N–H and O–H groups in total. The fraction of sp³-hybridized carbons (Fsp3) is 0.952. The van der Waals surface area contributed by atoms with Crippen molar-refractivity contribution < 1.29 is 4.79 Å². The second kappa shape index (κ2) is 5.08. The topological polar surface area (TPSA) is 17.1 Å². The van der Waals surface area contributed by atoms with E-state index in [1.165, 1.54) is 64.2 Å². The Balaban J connectivity index is 1.58. The van der Waals surface area contributed by atoms with Gasteiger partial charge in [-0.2, -0.15) is 0 Å². The fourth-order valence-electron chi connectivity index (χ4n) is 7.62. The lowest BCUT2D eigenvalue weighted by molar-refractivity contribution is -0.133. The van der Waals surface area contributed by atoms with Gasteiger partial charge in [-0.15, -0.1) is 0 Å². The number of Topliss-reactive ketones (excluding diaryl/α,β-unsaturated/α-hetero) is 1. The standard InChI is InChI=1S/C21H34O/c1-14(22)15-8-12-21(3)16(13-15)6-7-17-18-5-4-10-20(18,2)11-9-19(17)21/h15-19H,4-13H2,1-3H3/t15-,16+,17-,18+,19-,20+,21+/m0/s1. The molecule has 0 spiro atoms. The van der Waals surface area contributed by atoms with E-state index < -0.39 is 0 Å². The van der Waals surface area contributed by atoms with Gasteiger partial charge in [-0.25, -0.2) is 0 Å². The van der Waals surface area contributed by atoms with Crippen molar-refractivity contribution in [3.05, 3.63) is 0 Å². The molecule has 4 fully saturated rings. The average Bonchev–Trinajstić information content (AvgIpc) is 2.88. The van der Waals surface area contributed by atoms with Crippen LogP contribution in [0.3, 0.4) is 0 Å². The van der Waals surface area contributed by atoms with E-state index in [4.69, 9.17) is 0 Å². The Morgan fingerprint density at radius 3 is 2.50 bits per heavy atom. The molecule has 0 saturated heterocycles. The van der Waals surface area contributed by atoms with Crippen molar-refractivity contribution >= 4 is 5.78 Å². The van der Waals surface area contributed by atoms with E-state index in [-0.39, 0.29) is 0 Å². The zero-order valence-electron chi connectivity index (χ0n) is 14.9. The maximum absolute atomic E-state index is 11.9. The first-order valence-electron chi connectivity index (χ1n) is 9.94. The summed E-state index contributed by atoms with van der Waals surface area (Å²) in [7, 11) is 0. The molecular weight excluding hydrogens is 268 g/mol. The van der Waals surface area contributed by atoms with Crippen LogP contribution in [0.25, 0.3) is 0 Å². The van der Waals surface area contributed by atoms with Crippen LogP contribution in [0.1, 0.15) is 85.0 Å². The molecule has 0 unspecified atom stereocenters. The van der Waals surface area contributed by atoms with Crippen molar-refractivity contribution in [2.75, 3.05) is 0 Å². The van der Waals surface area contributed by atoms with Crippen LogP contribution in [0.4, 0.5) is 0 Å². The van der Waals surface area contributed by atoms with Gasteiger partial charge in [0, 0.05) is 5.92 Å². The van der Waals surface area contributed by atoms with Crippen LogP contribution < -0.4 is 0 Å². The molecule has 1 heteroatoms. The minimum atomic E-state index is 0.384. The number of ketones is 1. The highest BCUT2D eigenvalue weighted by Crippen LogP contribution is 2.66. The maximum Gasteiger partial charge on any atom is 0.132 e. The van der Waals surface area contributed by atoms with E-state index in [1.807, 2.05) is 6.92 Å². The smallest absolute Gasteiger partial charge is 0.132 e. The van der Waals surface area contributed by atoms with Crippen LogP contribution in [0.15, 0.2) is 0 Å². The maximum atomic E-state index is 11.9. The molecule has 0 aliphatic heterocycles. The van der Waals surface area contributed by atoms with Crippen LogP contribution in [0, 0.1) is 40.4 Å². The number of hydrogen-bond acceptors (Lipinski definition) is 1. The average molecular weight is 303 g/mol. The van der Waals surface area contributed by atoms with Gasteiger partial charge >= 0.3 is 0 Å². The van der Waals surface area contributed by atoms with E-state index in [2.05, 4.69) is 13.8 Å². The molecule has 4 saturated carbocycles. The number of fused-ring (bicyclic) bond motifs is 5. The SMILES string of the molecule is CC(=O)[C@H]1CC[C@]2(C)[C@H](CC[C@H]3[C@H]4CCC[C@]4(C)CC[C@@H]32)C1. The van der Waals surface area contributed by atoms with Gasteiger partial charge in [-0.1, -0.05) is 20.3 Å². The molecule has 0 heterocycles. The van der Waals surface area contributed by atoms with Crippen molar-refractivity contribution in [2.24, 2.45) is 40.4 Å². The first kappa shape index (κ1) is 15.2. The summed E-state index contributed by atoms with van der Waals surface area (Å²) in [5.74, 6) is 4.68. The molecule has 0 aromatic rings. The Morgan fingerprint density at radius 2 is 1.73 bits per heavy atom. The summed E-state index contributed by atoms with van der Waals surface area (Å²) in [5, 5.41) is 0. The monoisotopic (exact) mass is 302 g/mol. The molecule has 4 rings (SSSR count). The first-order chi connectivity index (χ1) is 10.4. The highest BCUT2D eigenvalue weighted by atomic mass is 16.1. The third-order valence-corrected chi connectivity index (χ3v) is 9.02. The summed E-state index contributed by atoms with van der Waals surface area (Å²) in [6.07, 6.45) is 14.0. The number of carbonyl (C=O) groups is 1. The second-order valence-electron chi connectivity index (χ2n) is 9.82. The van der Waals surface area contributed by atoms with Gasteiger partial charge in [0.1, 0.15) is 5.78 Å². The van der Waals surface area contributed by atoms with Crippen LogP contribution >= 0.6 is 0 Å². The Kier molecular flexibility index (Phi) is 3.51. The van der Waals surface area contributed by atoms with Gasteiger partial charge in [0.15, 0.2) is 0 Å². The Labute approximate surface area is 136 Å². The lowest BCUT2D eigenvalue weighted by atomic mass is 9.44. The summed E-state index contributed by atoms with van der Waals surface area (Å²) >= 11 is 0. The van der Waals surface area contributed by atoms with Crippen LogP contribution in [-0.2, 0) is 4.79 Å². The lowest BCUT2D eigenvalue weighted by Gasteiger charge is -2.60. The quantitative estimate of drug-likeness (QED) is 0.614. The van der Waals surface area contributed by atoms with Crippen molar-refractivity contribution in [2.45, 2.75) is 85.0 Å². The summed E-state index contributed by atoms with van der Waals surface area (Å²) in [6, 6.07) is 0. The summed E-state index contributed by atoms with van der Waals surface area (Å²) in [6.45, 7) is 7.04. The predicted molar refractivity (Wildman–Crippen MR) is 90.5 cm³/mol. The molecule has 124 valence electrons. The molecular formula is C21H34O. The number of carbonyl (C=O) groups excluding carboxylic acids is 1. The molecule has 7 atom stereocenters. The van der Waals surface area contributed by atoms with Crippen molar-refractivity contribution in [1.82, 2.24) is 0 Å². The van der Waals surface area contributed by atoms with Crippen molar-refractivity contribution in [3.63, 3.8) is 0 Å². The van der Waals surface area contributed by atoms with Gasteiger partial charge in [-0.3, -0.25) is 4.79 Å². The van der Waals surface area contributed by atoms with Crippen LogP contribution in [0.5, 0.6) is 0 Å². The first-order valence-corrected chi connectivity index (χ1v) is 9.94. The zero-order chi connectivity index (χ0) is 15.5. The van der Waals surface area contributed by atoms with Crippen molar-refractivity contribution in [1.29, 1.82) is 0 Å². The molecule has 0 radical (unpaired) electrons. The summed E-state index contributed by atoms with van der Waals surface area (Å²) in [4.78, 5) is 11.9. The van der Waals surface area contributed by atoms with Crippen molar-refractivity contribution in [3.8, 4) is 0 Å². The molecule has 0 amide bonds. The lowest BCUT2D eigenvalue weighted by Crippen LogP contribution is -2.53. The molecule has 4 aliphatic rings. The molecule has 1 nitrogen and oxygen atoms in total. The highest BCUT2D eigenvalue weighted by molar-refractivity contribution is 5.78.